The number of hydrazone groups is 1. The Morgan fingerprint density at radius 1 is 0.923 bits per heavy atom. The largest absolute Gasteiger partial charge is 0.323 e. The third-order valence-corrected chi connectivity index (χ3v) is 3.69. The highest BCUT2D eigenvalue weighted by molar-refractivity contribution is 6.04. The SMILES string of the molecule is O=C(CC(=O)Nc1ccccc1F)NN=Cc1cccc2ccccc12. The van der Waals surface area contributed by atoms with Crippen LogP contribution in [0, 0.1) is 5.82 Å². The predicted molar refractivity (Wildman–Crippen MR) is 99.3 cm³/mol. The molecule has 0 radical (unpaired) electrons. The number of nitrogens with one attached hydrogen (secondary N) is 2. The molecule has 26 heavy (non-hydrogen) atoms. The molecule has 0 aromatic heterocycles. The smallest absolute Gasteiger partial charge is 0.249 e. The molecule has 0 fully saturated rings. The number of anilines is 1. The second-order valence-electron chi connectivity index (χ2n) is 5.57. The van der Waals surface area contributed by atoms with Crippen molar-refractivity contribution in [2.45, 2.75) is 6.42 Å². The fourth-order valence-electron chi connectivity index (χ4n) is 2.48. The molecule has 0 atom stereocenters. The second kappa shape index (κ2) is 8.02. The van der Waals surface area contributed by atoms with Crippen molar-refractivity contribution in [3.8, 4) is 0 Å². The van der Waals surface area contributed by atoms with Gasteiger partial charge in [0.2, 0.25) is 11.8 Å². The average molecular weight is 349 g/mol. The Morgan fingerprint density at radius 3 is 2.50 bits per heavy atom. The number of benzene rings is 3. The minimum Gasteiger partial charge on any atom is -0.323 e. The van der Waals surface area contributed by atoms with Crippen molar-refractivity contribution in [1.82, 2.24) is 5.43 Å². The molecule has 6 heteroatoms. The first-order chi connectivity index (χ1) is 12.6. The molecule has 0 bridgehead atoms. The van der Waals surface area contributed by atoms with Gasteiger partial charge in [-0.25, -0.2) is 9.82 Å². The highest BCUT2D eigenvalue weighted by Crippen LogP contribution is 2.16. The Labute approximate surface area is 149 Å². The first-order valence-corrected chi connectivity index (χ1v) is 7.97. The molecule has 0 aliphatic heterocycles. The van der Waals surface area contributed by atoms with Gasteiger partial charge in [-0.1, -0.05) is 54.6 Å². The van der Waals surface area contributed by atoms with Crippen molar-refractivity contribution in [1.29, 1.82) is 0 Å². The van der Waals surface area contributed by atoms with Crippen molar-refractivity contribution in [2.75, 3.05) is 5.32 Å². The van der Waals surface area contributed by atoms with Crippen LogP contribution < -0.4 is 10.7 Å². The second-order valence-corrected chi connectivity index (χ2v) is 5.57. The van der Waals surface area contributed by atoms with E-state index in [-0.39, 0.29) is 5.69 Å². The van der Waals surface area contributed by atoms with Gasteiger partial charge >= 0.3 is 0 Å². The lowest BCUT2D eigenvalue weighted by Crippen LogP contribution is -2.24. The maximum Gasteiger partial charge on any atom is 0.249 e. The van der Waals surface area contributed by atoms with E-state index in [9.17, 15) is 14.0 Å². The van der Waals surface area contributed by atoms with Crippen LogP contribution in [0.4, 0.5) is 10.1 Å². The van der Waals surface area contributed by atoms with E-state index in [2.05, 4.69) is 15.8 Å². The highest BCUT2D eigenvalue weighted by atomic mass is 19.1. The number of carbonyl (C=O) groups excluding carboxylic acids is 2. The molecule has 3 aromatic rings. The molecule has 0 heterocycles. The summed E-state index contributed by atoms with van der Waals surface area (Å²) in [6, 6.07) is 19.3. The fraction of sp³-hybridized carbons (Fsp3) is 0.0500. The number of rotatable bonds is 5. The number of amides is 2. The van der Waals surface area contributed by atoms with Gasteiger partial charge in [-0.05, 0) is 22.9 Å². The molecule has 0 aliphatic carbocycles. The molecule has 5 nitrogen and oxygen atoms in total. The number of nitrogens with zero attached hydrogens (tertiary/aromatic N) is 1. The molecular weight excluding hydrogens is 333 g/mol. The molecule has 3 aromatic carbocycles. The van der Waals surface area contributed by atoms with E-state index in [0.717, 1.165) is 16.3 Å². The molecular formula is C20H16FN3O2. The number of halogens is 1. The summed E-state index contributed by atoms with van der Waals surface area (Å²) in [5.74, 6) is -1.77. The summed E-state index contributed by atoms with van der Waals surface area (Å²) in [5.41, 5.74) is 3.18. The molecule has 0 saturated carbocycles. The van der Waals surface area contributed by atoms with Crippen LogP contribution in [-0.2, 0) is 9.59 Å². The monoisotopic (exact) mass is 349 g/mol. The van der Waals surface area contributed by atoms with Crippen LogP contribution in [0.3, 0.4) is 0 Å². The Hall–Kier alpha value is -3.54. The Kier molecular flexibility index (Phi) is 5.34. The van der Waals surface area contributed by atoms with Gasteiger partial charge in [0.25, 0.3) is 0 Å². The molecule has 2 N–H and O–H groups in total. The van der Waals surface area contributed by atoms with Crippen LogP contribution >= 0.6 is 0 Å². The maximum absolute atomic E-state index is 13.5. The number of carbonyl (C=O) groups is 2. The van der Waals surface area contributed by atoms with E-state index in [0.29, 0.717) is 0 Å². The topological polar surface area (TPSA) is 70.6 Å². The zero-order valence-corrected chi connectivity index (χ0v) is 13.8. The van der Waals surface area contributed by atoms with Crippen LogP contribution in [0.15, 0.2) is 71.8 Å². The number of fused-ring (bicyclic) bond motifs is 1. The summed E-state index contributed by atoms with van der Waals surface area (Å²) >= 11 is 0. The van der Waals surface area contributed by atoms with E-state index < -0.39 is 24.1 Å². The van der Waals surface area contributed by atoms with Crippen LogP contribution in [0.25, 0.3) is 10.8 Å². The Morgan fingerprint density at radius 2 is 1.65 bits per heavy atom. The number of para-hydroxylation sites is 1. The Bertz CT molecular complexity index is 980. The van der Waals surface area contributed by atoms with Crippen molar-refractivity contribution in [2.24, 2.45) is 5.10 Å². The van der Waals surface area contributed by atoms with Crippen molar-refractivity contribution >= 4 is 34.5 Å². The van der Waals surface area contributed by atoms with E-state index in [4.69, 9.17) is 0 Å². The lowest BCUT2D eigenvalue weighted by Gasteiger charge is -2.05. The third-order valence-electron chi connectivity index (χ3n) is 3.69. The number of hydrogen-bond donors (Lipinski definition) is 2. The van der Waals surface area contributed by atoms with Crippen molar-refractivity contribution < 1.29 is 14.0 Å². The van der Waals surface area contributed by atoms with Gasteiger partial charge in [0.15, 0.2) is 0 Å². The van der Waals surface area contributed by atoms with Crippen LogP contribution in [0.1, 0.15) is 12.0 Å². The first-order valence-electron chi connectivity index (χ1n) is 7.97. The molecule has 2 amide bonds. The van der Waals surface area contributed by atoms with Gasteiger partial charge in [0.05, 0.1) is 11.9 Å². The summed E-state index contributed by atoms with van der Waals surface area (Å²) < 4.78 is 13.5. The molecule has 0 saturated heterocycles. The maximum atomic E-state index is 13.5. The van der Waals surface area contributed by atoms with Gasteiger partial charge in [0.1, 0.15) is 12.2 Å². The predicted octanol–water partition coefficient (Wildman–Crippen LogP) is 3.46. The van der Waals surface area contributed by atoms with Gasteiger partial charge in [0, 0.05) is 5.56 Å². The minimum absolute atomic E-state index is 0.0320. The summed E-state index contributed by atoms with van der Waals surface area (Å²) in [6.07, 6.45) is 1.07. The van der Waals surface area contributed by atoms with Gasteiger partial charge in [-0.3, -0.25) is 9.59 Å². The van der Waals surface area contributed by atoms with Crippen molar-refractivity contribution in [3.63, 3.8) is 0 Å². The average Bonchev–Trinajstić information content (AvgIpc) is 2.64. The standard InChI is InChI=1S/C20H16FN3O2/c21-17-10-3-4-11-18(17)23-19(25)12-20(26)24-22-13-15-8-5-7-14-6-1-2-9-16(14)15/h1-11,13H,12H2,(H,23,25)(H,24,26). The summed E-state index contributed by atoms with van der Waals surface area (Å²) in [4.78, 5) is 23.6. The van der Waals surface area contributed by atoms with Crippen LogP contribution in [-0.4, -0.2) is 18.0 Å². The van der Waals surface area contributed by atoms with Crippen LogP contribution in [0.2, 0.25) is 0 Å². The molecule has 0 spiro atoms. The lowest BCUT2D eigenvalue weighted by molar-refractivity contribution is -0.126. The normalized spacial score (nSPS) is 10.8. The summed E-state index contributed by atoms with van der Waals surface area (Å²) in [7, 11) is 0. The van der Waals surface area contributed by atoms with E-state index in [1.807, 2.05) is 42.5 Å². The van der Waals surface area contributed by atoms with E-state index >= 15 is 0 Å². The minimum atomic E-state index is -0.618. The van der Waals surface area contributed by atoms with E-state index in [1.165, 1.54) is 24.4 Å². The van der Waals surface area contributed by atoms with Crippen LogP contribution in [0.5, 0.6) is 0 Å². The van der Waals surface area contributed by atoms with E-state index in [1.54, 1.807) is 6.07 Å². The van der Waals surface area contributed by atoms with Crippen molar-refractivity contribution in [3.05, 3.63) is 78.1 Å². The van der Waals surface area contributed by atoms with Gasteiger partial charge < -0.3 is 5.32 Å². The third kappa shape index (κ3) is 4.30. The highest BCUT2D eigenvalue weighted by Gasteiger charge is 2.11. The first kappa shape index (κ1) is 17.3. The lowest BCUT2D eigenvalue weighted by atomic mass is 10.1. The molecule has 3 rings (SSSR count). The summed E-state index contributed by atoms with van der Waals surface area (Å²) in [6.45, 7) is 0. The molecule has 0 unspecified atom stereocenters. The quantitative estimate of drug-likeness (QED) is 0.421. The zero-order valence-electron chi connectivity index (χ0n) is 13.8. The molecule has 130 valence electrons. The molecule has 0 aliphatic rings. The number of hydrogen-bond acceptors (Lipinski definition) is 3. The fourth-order valence-corrected chi connectivity index (χ4v) is 2.48. The van der Waals surface area contributed by atoms with Gasteiger partial charge in [-0.15, -0.1) is 0 Å². The zero-order chi connectivity index (χ0) is 18.4. The summed E-state index contributed by atoms with van der Waals surface area (Å²) in [5, 5.41) is 8.30. The van der Waals surface area contributed by atoms with Gasteiger partial charge in [-0.2, -0.15) is 5.10 Å². The Balaban J connectivity index is 1.57.